The highest BCUT2D eigenvalue weighted by Gasteiger charge is 2.51. The molecule has 0 bridgehead atoms. The Morgan fingerprint density at radius 1 is 1.48 bits per heavy atom. The molecule has 21 heavy (non-hydrogen) atoms. The number of pyridine rings is 1. The Morgan fingerprint density at radius 2 is 2.24 bits per heavy atom. The molecule has 3 heterocycles. The van der Waals surface area contributed by atoms with Crippen LogP contribution in [-0.2, 0) is 0 Å². The molecule has 2 fully saturated rings. The van der Waals surface area contributed by atoms with Gasteiger partial charge >= 0.3 is 5.69 Å². The monoisotopic (exact) mass is 292 g/mol. The normalized spacial score (nSPS) is 26.7. The van der Waals surface area contributed by atoms with Gasteiger partial charge in [0.2, 0.25) is 11.7 Å². The number of hydrogen-bond acceptors (Lipinski definition) is 6. The van der Waals surface area contributed by atoms with Gasteiger partial charge in [-0.25, -0.2) is 0 Å². The van der Waals surface area contributed by atoms with Crippen LogP contribution >= 0.6 is 0 Å². The van der Waals surface area contributed by atoms with Gasteiger partial charge in [0.1, 0.15) is 0 Å². The fourth-order valence-electron chi connectivity index (χ4n) is 3.66. The first kappa shape index (κ1) is 14.1. The summed E-state index contributed by atoms with van der Waals surface area (Å²) in [6, 6.07) is 3.01. The van der Waals surface area contributed by atoms with Crippen LogP contribution in [0.3, 0.4) is 0 Å². The van der Waals surface area contributed by atoms with Crippen LogP contribution in [0.15, 0.2) is 12.1 Å². The zero-order chi connectivity index (χ0) is 15.2. The molecule has 2 unspecified atom stereocenters. The van der Waals surface area contributed by atoms with E-state index in [1.54, 1.807) is 0 Å². The van der Waals surface area contributed by atoms with Crippen molar-refractivity contribution in [1.82, 2.24) is 10.3 Å². The fourth-order valence-corrected chi connectivity index (χ4v) is 3.66. The van der Waals surface area contributed by atoms with Gasteiger partial charge in [0.15, 0.2) is 0 Å². The summed E-state index contributed by atoms with van der Waals surface area (Å²) in [5, 5.41) is 14.7. The molecule has 2 aliphatic rings. The Balaban J connectivity index is 2.05. The summed E-state index contributed by atoms with van der Waals surface area (Å²) in [6.45, 7) is 6.96. The van der Waals surface area contributed by atoms with Crippen molar-refractivity contribution in [1.29, 1.82) is 0 Å². The molecule has 2 saturated heterocycles. The second-order valence-corrected chi connectivity index (χ2v) is 6.24. The maximum absolute atomic E-state index is 11.3. The summed E-state index contributed by atoms with van der Waals surface area (Å²) in [5.41, 5.74) is -0.130. The Morgan fingerprint density at radius 3 is 2.86 bits per heavy atom. The van der Waals surface area contributed by atoms with Crippen molar-refractivity contribution in [3.8, 4) is 5.88 Å². The number of aromatic nitrogens is 1. The highest BCUT2D eigenvalue weighted by atomic mass is 16.6. The Kier molecular flexibility index (Phi) is 3.24. The molecule has 0 aliphatic carbocycles. The van der Waals surface area contributed by atoms with E-state index in [-0.39, 0.29) is 16.1 Å². The molecule has 1 aromatic rings. The molecule has 1 aromatic heterocycles. The number of anilines is 1. The number of methoxy groups -OCH3 is 1. The van der Waals surface area contributed by atoms with Gasteiger partial charge in [0.25, 0.3) is 0 Å². The summed E-state index contributed by atoms with van der Waals surface area (Å²) in [5.74, 6) is 1.80. The zero-order valence-electron chi connectivity index (χ0n) is 12.5. The van der Waals surface area contributed by atoms with Crippen molar-refractivity contribution in [3.63, 3.8) is 0 Å². The lowest BCUT2D eigenvalue weighted by Crippen LogP contribution is -2.45. The highest BCUT2D eigenvalue weighted by Crippen LogP contribution is 2.45. The first-order valence-corrected chi connectivity index (χ1v) is 7.13. The Bertz CT molecular complexity index is 575. The van der Waals surface area contributed by atoms with Crippen molar-refractivity contribution in [2.75, 3.05) is 31.6 Å². The van der Waals surface area contributed by atoms with Crippen LogP contribution in [0.25, 0.3) is 0 Å². The standard InChI is InChI=1S/C14H20N4O3/c1-14(2)10-7-15-6-9(10)8-17(14)13-11(18(19)20)4-5-12(16-13)21-3/h4-5,9-10,15H,6-8H2,1-3H3. The third-order valence-corrected chi connectivity index (χ3v) is 4.85. The minimum Gasteiger partial charge on any atom is -0.481 e. The van der Waals surface area contributed by atoms with Gasteiger partial charge in [-0.1, -0.05) is 0 Å². The van der Waals surface area contributed by atoms with Crippen LogP contribution in [0.1, 0.15) is 13.8 Å². The molecule has 1 N–H and O–H groups in total. The van der Waals surface area contributed by atoms with E-state index in [1.807, 2.05) is 0 Å². The molecule has 0 aromatic carbocycles. The third-order valence-electron chi connectivity index (χ3n) is 4.85. The van der Waals surface area contributed by atoms with E-state index < -0.39 is 0 Å². The second kappa shape index (κ2) is 4.84. The van der Waals surface area contributed by atoms with Gasteiger partial charge in [-0.05, 0) is 25.7 Å². The SMILES string of the molecule is COc1ccc([N+](=O)[O-])c(N2CC3CNCC3C2(C)C)n1. The van der Waals surface area contributed by atoms with Crippen LogP contribution in [-0.4, -0.2) is 42.2 Å². The summed E-state index contributed by atoms with van der Waals surface area (Å²) >= 11 is 0. The molecular formula is C14H20N4O3. The summed E-state index contributed by atoms with van der Waals surface area (Å²) in [7, 11) is 1.52. The second-order valence-electron chi connectivity index (χ2n) is 6.24. The molecule has 0 radical (unpaired) electrons. The van der Waals surface area contributed by atoms with Crippen LogP contribution in [0.4, 0.5) is 11.5 Å². The molecule has 3 rings (SSSR count). The van der Waals surface area contributed by atoms with Crippen molar-refractivity contribution in [3.05, 3.63) is 22.2 Å². The maximum atomic E-state index is 11.3. The van der Waals surface area contributed by atoms with E-state index in [0.29, 0.717) is 23.5 Å². The lowest BCUT2D eigenvalue weighted by Gasteiger charge is -2.36. The molecule has 0 spiro atoms. The van der Waals surface area contributed by atoms with Crippen LogP contribution in [0.2, 0.25) is 0 Å². The van der Waals surface area contributed by atoms with E-state index in [2.05, 4.69) is 29.0 Å². The molecule has 2 aliphatic heterocycles. The summed E-state index contributed by atoms with van der Waals surface area (Å²) in [4.78, 5) is 17.4. The molecule has 7 nitrogen and oxygen atoms in total. The molecular weight excluding hydrogens is 272 g/mol. The van der Waals surface area contributed by atoms with E-state index in [0.717, 1.165) is 19.6 Å². The average molecular weight is 292 g/mol. The largest absolute Gasteiger partial charge is 0.481 e. The topological polar surface area (TPSA) is 80.5 Å². The number of nitrogens with zero attached hydrogens (tertiary/aromatic N) is 3. The lowest BCUT2D eigenvalue weighted by molar-refractivity contribution is -0.384. The smallest absolute Gasteiger partial charge is 0.311 e. The van der Waals surface area contributed by atoms with E-state index in [4.69, 9.17) is 4.74 Å². The number of nitro groups is 1. The molecule has 0 amide bonds. The Labute approximate surface area is 123 Å². The highest BCUT2D eigenvalue weighted by molar-refractivity contribution is 5.61. The van der Waals surface area contributed by atoms with Crippen molar-refractivity contribution in [2.45, 2.75) is 19.4 Å². The van der Waals surface area contributed by atoms with Gasteiger partial charge in [-0.15, -0.1) is 0 Å². The van der Waals surface area contributed by atoms with E-state index in [1.165, 1.54) is 19.2 Å². The number of ether oxygens (including phenoxy) is 1. The molecule has 0 saturated carbocycles. The zero-order valence-corrected chi connectivity index (χ0v) is 12.5. The van der Waals surface area contributed by atoms with Crippen LogP contribution < -0.4 is 15.0 Å². The predicted molar refractivity (Wildman–Crippen MR) is 78.7 cm³/mol. The average Bonchev–Trinajstić information content (AvgIpc) is 3.00. The first-order valence-electron chi connectivity index (χ1n) is 7.13. The summed E-state index contributed by atoms with van der Waals surface area (Å²) < 4.78 is 5.14. The quantitative estimate of drug-likeness (QED) is 0.670. The van der Waals surface area contributed by atoms with Crippen molar-refractivity contribution >= 4 is 11.5 Å². The van der Waals surface area contributed by atoms with Gasteiger partial charge in [-0.2, -0.15) is 4.98 Å². The van der Waals surface area contributed by atoms with Crippen molar-refractivity contribution < 1.29 is 9.66 Å². The van der Waals surface area contributed by atoms with E-state index in [9.17, 15) is 10.1 Å². The number of hydrogen-bond donors (Lipinski definition) is 1. The van der Waals surface area contributed by atoms with E-state index >= 15 is 0 Å². The lowest BCUT2D eigenvalue weighted by atomic mass is 9.85. The first-order chi connectivity index (χ1) is 9.95. The van der Waals surface area contributed by atoms with Gasteiger partial charge < -0.3 is 15.0 Å². The number of nitrogens with one attached hydrogen (secondary N) is 1. The minimum atomic E-state index is -0.371. The van der Waals surface area contributed by atoms with Crippen LogP contribution in [0.5, 0.6) is 5.88 Å². The predicted octanol–water partition coefficient (Wildman–Crippen LogP) is 1.43. The minimum absolute atomic E-state index is 0.0387. The summed E-state index contributed by atoms with van der Waals surface area (Å²) in [6.07, 6.45) is 0. The van der Waals surface area contributed by atoms with Gasteiger partial charge in [0, 0.05) is 37.3 Å². The van der Waals surface area contributed by atoms with Gasteiger partial charge in [0.05, 0.1) is 12.0 Å². The number of rotatable bonds is 3. The molecule has 7 heteroatoms. The van der Waals surface area contributed by atoms with Crippen molar-refractivity contribution in [2.24, 2.45) is 11.8 Å². The third kappa shape index (κ3) is 2.12. The van der Waals surface area contributed by atoms with Crippen LogP contribution in [0, 0.1) is 22.0 Å². The maximum Gasteiger partial charge on any atom is 0.311 e. The molecule has 114 valence electrons. The molecule has 2 atom stereocenters. The number of fused-ring (bicyclic) bond motifs is 1. The fraction of sp³-hybridized carbons (Fsp3) is 0.643. The Hall–Kier alpha value is -1.89. The van der Waals surface area contributed by atoms with Gasteiger partial charge in [-0.3, -0.25) is 10.1 Å².